The van der Waals surface area contributed by atoms with Crippen molar-refractivity contribution in [3.8, 4) is 11.8 Å². The molecule has 0 amide bonds. The summed E-state index contributed by atoms with van der Waals surface area (Å²) >= 11 is 3.30. The Morgan fingerprint density at radius 1 is 1.38 bits per heavy atom. The van der Waals surface area contributed by atoms with E-state index in [1.165, 1.54) is 0 Å². The van der Waals surface area contributed by atoms with Gasteiger partial charge in [-0.1, -0.05) is 15.9 Å². The predicted octanol–water partition coefficient (Wildman–Crippen LogP) is 3.54. The van der Waals surface area contributed by atoms with Crippen molar-refractivity contribution in [2.45, 2.75) is 13.8 Å². The molecule has 5 heteroatoms. The fraction of sp³-hybridized carbons (Fsp3) is 0.250. The Hall–Kier alpha value is -2.06. The lowest BCUT2D eigenvalue weighted by atomic mass is 10.1. The molecule has 0 saturated carbocycles. The summed E-state index contributed by atoms with van der Waals surface area (Å²) in [4.78, 5) is 12.2. The maximum Gasteiger partial charge on any atom is 0.202 e. The minimum absolute atomic E-state index is 0.0827. The van der Waals surface area contributed by atoms with Crippen LogP contribution < -0.4 is 4.74 Å². The molecule has 1 heterocycles. The number of aryl methyl sites for hydroxylation is 1. The first-order chi connectivity index (χ1) is 9.93. The lowest BCUT2D eigenvalue weighted by Crippen LogP contribution is -2.13. The van der Waals surface area contributed by atoms with Crippen molar-refractivity contribution in [1.82, 2.24) is 4.57 Å². The lowest BCUT2D eigenvalue weighted by molar-refractivity contribution is 0.0920. The zero-order valence-electron chi connectivity index (χ0n) is 12.1. The molecule has 2 aromatic rings. The van der Waals surface area contributed by atoms with Gasteiger partial charge in [0.25, 0.3) is 0 Å². The molecule has 0 aliphatic heterocycles. The third-order valence-corrected chi connectivity index (χ3v) is 3.99. The maximum atomic E-state index is 12.2. The Kier molecular flexibility index (Phi) is 4.49. The molecule has 0 spiro atoms. The van der Waals surface area contributed by atoms with Crippen LogP contribution in [-0.2, 0) is 7.05 Å². The van der Waals surface area contributed by atoms with Crippen LogP contribution in [0, 0.1) is 25.2 Å². The van der Waals surface area contributed by atoms with Gasteiger partial charge in [0, 0.05) is 28.5 Å². The highest BCUT2D eigenvalue weighted by Gasteiger charge is 2.15. The normalized spacial score (nSPS) is 10.2. The summed E-state index contributed by atoms with van der Waals surface area (Å²) in [5.41, 5.74) is 3.00. The van der Waals surface area contributed by atoms with E-state index >= 15 is 0 Å². The first kappa shape index (κ1) is 15.3. The maximum absolute atomic E-state index is 12.2. The third kappa shape index (κ3) is 3.17. The molecule has 0 radical (unpaired) electrons. The summed E-state index contributed by atoms with van der Waals surface area (Å²) in [7, 11) is 1.92. The van der Waals surface area contributed by atoms with Gasteiger partial charge in [-0.15, -0.1) is 0 Å². The molecule has 0 aliphatic rings. The number of hydrogen-bond acceptors (Lipinski definition) is 3. The Labute approximate surface area is 132 Å². The number of ketones is 1. The summed E-state index contributed by atoms with van der Waals surface area (Å²) in [6.07, 6.45) is 0. The first-order valence-corrected chi connectivity index (χ1v) is 7.22. The highest BCUT2D eigenvalue weighted by atomic mass is 79.9. The number of nitrogens with zero attached hydrogens (tertiary/aromatic N) is 2. The van der Waals surface area contributed by atoms with E-state index in [0.717, 1.165) is 15.9 Å². The van der Waals surface area contributed by atoms with Gasteiger partial charge in [0.05, 0.1) is 5.56 Å². The van der Waals surface area contributed by atoms with Crippen LogP contribution in [0.25, 0.3) is 0 Å². The molecule has 0 aliphatic carbocycles. The molecule has 1 aromatic heterocycles. The quantitative estimate of drug-likeness (QED) is 0.795. The minimum atomic E-state index is -0.0944. The predicted molar refractivity (Wildman–Crippen MR) is 83.6 cm³/mol. The van der Waals surface area contributed by atoms with Crippen molar-refractivity contribution < 1.29 is 9.53 Å². The van der Waals surface area contributed by atoms with E-state index in [2.05, 4.69) is 22.0 Å². The Balaban J connectivity index is 2.15. The molecule has 108 valence electrons. The molecule has 2 rings (SSSR count). The Bertz CT molecular complexity index is 741. The molecule has 1 aromatic carbocycles. The SMILES string of the molecule is Cc1cc(C(=O)COc2ccc(Br)cc2C#N)c(C)n1C. The van der Waals surface area contributed by atoms with Crippen molar-refractivity contribution in [2.24, 2.45) is 7.05 Å². The fourth-order valence-corrected chi connectivity index (χ4v) is 2.44. The number of carbonyl (C=O) groups excluding carboxylic acids is 1. The van der Waals surface area contributed by atoms with Gasteiger partial charge in [-0.05, 0) is 38.1 Å². The standard InChI is InChI=1S/C16H15BrN2O2/c1-10-6-14(11(2)19(10)3)15(20)9-21-16-5-4-13(17)7-12(16)8-18/h4-7H,9H2,1-3H3. The number of nitriles is 1. The number of carbonyl (C=O) groups is 1. The average molecular weight is 347 g/mol. The number of rotatable bonds is 4. The second kappa shape index (κ2) is 6.15. The summed E-state index contributed by atoms with van der Waals surface area (Å²) in [6.45, 7) is 3.77. The van der Waals surface area contributed by atoms with E-state index in [4.69, 9.17) is 10.00 Å². The van der Waals surface area contributed by atoms with Crippen LogP contribution in [0.2, 0.25) is 0 Å². The van der Waals surface area contributed by atoms with Gasteiger partial charge in [0.2, 0.25) is 5.78 Å². The highest BCUT2D eigenvalue weighted by Crippen LogP contribution is 2.23. The van der Waals surface area contributed by atoms with Gasteiger partial charge in [-0.3, -0.25) is 4.79 Å². The average Bonchev–Trinajstić information content (AvgIpc) is 2.73. The minimum Gasteiger partial charge on any atom is -0.484 e. The summed E-state index contributed by atoms with van der Waals surface area (Å²) in [5, 5.41) is 9.07. The number of aromatic nitrogens is 1. The van der Waals surface area contributed by atoms with E-state index in [1.807, 2.05) is 31.5 Å². The van der Waals surface area contributed by atoms with Crippen LogP contribution in [-0.4, -0.2) is 17.0 Å². The van der Waals surface area contributed by atoms with Gasteiger partial charge in [-0.25, -0.2) is 0 Å². The van der Waals surface area contributed by atoms with Crippen molar-refractivity contribution in [2.75, 3.05) is 6.61 Å². The first-order valence-electron chi connectivity index (χ1n) is 6.42. The van der Waals surface area contributed by atoms with Gasteiger partial charge < -0.3 is 9.30 Å². The van der Waals surface area contributed by atoms with Gasteiger partial charge in [0.15, 0.2) is 6.61 Å². The van der Waals surface area contributed by atoms with Crippen LogP contribution in [0.5, 0.6) is 5.75 Å². The molecule has 0 fully saturated rings. The number of halogens is 1. The van der Waals surface area contributed by atoms with E-state index in [1.54, 1.807) is 18.2 Å². The Morgan fingerprint density at radius 2 is 2.10 bits per heavy atom. The van der Waals surface area contributed by atoms with E-state index < -0.39 is 0 Å². The topological polar surface area (TPSA) is 55.0 Å². The third-order valence-electron chi connectivity index (χ3n) is 3.50. The van der Waals surface area contributed by atoms with Crippen molar-refractivity contribution in [3.63, 3.8) is 0 Å². The number of ether oxygens (including phenoxy) is 1. The van der Waals surface area contributed by atoms with Crippen molar-refractivity contribution in [3.05, 3.63) is 51.3 Å². The van der Waals surface area contributed by atoms with Crippen LogP contribution in [0.1, 0.15) is 27.3 Å². The van der Waals surface area contributed by atoms with E-state index in [9.17, 15) is 4.79 Å². The summed E-state index contributed by atoms with van der Waals surface area (Å²) < 4.78 is 8.27. The molecule has 0 saturated heterocycles. The lowest BCUT2D eigenvalue weighted by Gasteiger charge is -2.07. The Morgan fingerprint density at radius 3 is 2.67 bits per heavy atom. The zero-order valence-corrected chi connectivity index (χ0v) is 13.7. The highest BCUT2D eigenvalue weighted by molar-refractivity contribution is 9.10. The number of benzene rings is 1. The van der Waals surface area contributed by atoms with Crippen molar-refractivity contribution in [1.29, 1.82) is 5.26 Å². The number of Topliss-reactive ketones (excluding diaryl/α,β-unsaturated/α-hetero) is 1. The molecule has 0 unspecified atom stereocenters. The van der Waals surface area contributed by atoms with Gasteiger partial charge >= 0.3 is 0 Å². The molecular formula is C16H15BrN2O2. The largest absolute Gasteiger partial charge is 0.484 e. The van der Waals surface area contributed by atoms with Gasteiger partial charge in [0.1, 0.15) is 11.8 Å². The van der Waals surface area contributed by atoms with Crippen molar-refractivity contribution >= 4 is 21.7 Å². The van der Waals surface area contributed by atoms with E-state index in [-0.39, 0.29) is 12.4 Å². The molecule has 0 atom stereocenters. The molecule has 21 heavy (non-hydrogen) atoms. The molecular weight excluding hydrogens is 332 g/mol. The summed E-state index contributed by atoms with van der Waals surface area (Å²) in [6, 6.07) is 9.03. The van der Waals surface area contributed by atoms with Gasteiger partial charge in [-0.2, -0.15) is 5.26 Å². The van der Waals surface area contributed by atoms with Crippen LogP contribution >= 0.6 is 15.9 Å². The fourth-order valence-electron chi connectivity index (χ4n) is 2.07. The zero-order chi connectivity index (χ0) is 15.6. The van der Waals surface area contributed by atoms with Crippen LogP contribution in [0.4, 0.5) is 0 Å². The summed E-state index contributed by atoms with van der Waals surface area (Å²) in [5.74, 6) is 0.322. The second-order valence-electron chi connectivity index (χ2n) is 4.81. The molecule has 0 bridgehead atoms. The molecule has 4 nitrogen and oxygen atoms in total. The van der Waals surface area contributed by atoms with E-state index in [0.29, 0.717) is 16.9 Å². The second-order valence-corrected chi connectivity index (χ2v) is 5.72. The number of hydrogen-bond donors (Lipinski definition) is 0. The smallest absolute Gasteiger partial charge is 0.202 e. The monoisotopic (exact) mass is 346 g/mol. The van der Waals surface area contributed by atoms with Crippen LogP contribution in [0.3, 0.4) is 0 Å². The molecule has 0 N–H and O–H groups in total. The van der Waals surface area contributed by atoms with Crippen LogP contribution in [0.15, 0.2) is 28.7 Å².